The van der Waals surface area contributed by atoms with Crippen LogP contribution < -0.4 is 0 Å². The summed E-state index contributed by atoms with van der Waals surface area (Å²) in [5, 5.41) is 13.6. The molecule has 1 atom stereocenters. The Balaban J connectivity index is 2.61. The van der Waals surface area contributed by atoms with Gasteiger partial charge >= 0.3 is 0 Å². The molecule has 0 amide bonds. The van der Waals surface area contributed by atoms with Crippen molar-refractivity contribution in [2.45, 2.75) is 20.0 Å². The lowest BCUT2D eigenvalue weighted by molar-refractivity contribution is 0.199. The van der Waals surface area contributed by atoms with Gasteiger partial charge in [-0.25, -0.2) is 4.52 Å². The Morgan fingerprint density at radius 3 is 2.92 bits per heavy atom. The number of aliphatic hydroxyl groups is 1. The lowest BCUT2D eigenvalue weighted by Crippen LogP contribution is -1.93. The summed E-state index contributed by atoms with van der Waals surface area (Å²) < 4.78 is 1.81. The van der Waals surface area contributed by atoms with Crippen molar-refractivity contribution in [3.63, 3.8) is 0 Å². The third-order valence-corrected chi connectivity index (χ3v) is 2.09. The molecule has 68 valence electrons. The summed E-state index contributed by atoms with van der Waals surface area (Å²) >= 11 is 0. The summed E-state index contributed by atoms with van der Waals surface area (Å²) in [5.41, 5.74) is 2.94. The Morgan fingerprint density at radius 1 is 1.46 bits per heavy atom. The number of nitrogens with zero attached hydrogens (tertiary/aromatic N) is 2. The quantitative estimate of drug-likeness (QED) is 0.718. The summed E-state index contributed by atoms with van der Waals surface area (Å²) in [7, 11) is 0. The second-order valence-electron chi connectivity index (χ2n) is 3.29. The van der Waals surface area contributed by atoms with E-state index in [0.29, 0.717) is 0 Å². The normalized spacial score (nSPS) is 13.5. The third kappa shape index (κ3) is 1.42. The van der Waals surface area contributed by atoms with Crippen LogP contribution in [0.2, 0.25) is 0 Å². The molecule has 0 aromatic carbocycles. The molecule has 0 spiro atoms. The minimum Gasteiger partial charge on any atom is -0.389 e. The number of aryl methyl sites for hydroxylation is 1. The molecule has 1 unspecified atom stereocenters. The van der Waals surface area contributed by atoms with Crippen LogP contribution in [0.4, 0.5) is 0 Å². The first kappa shape index (κ1) is 8.26. The molecule has 3 heteroatoms. The topological polar surface area (TPSA) is 37.5 Å². The van der Waals surface area contributed by atoms with Gasteiger partial charge in [-0.15, -0.1) is 0 Å². The van der Waals surface area contributed by atoms with E-state index in [-0.39, 0.29) is 0 Å². The van der Waals surface area contributed by atoms with Crippen molar-refractivity contribution < 1.29 is 5.11 Å². The van der Waals surface area contributed by atoms with E-state index in [1.807, 2.05) is 31.3 Å². The molecule has 0 bridgehead atoms. The minimum atomic E-state index is -0.416. The Kier molecular flexibility index (Phi) is 1.81. The van der Waals surface area contributed by atoms with Crippen LogP contribution in [0.25, 0.3) is 5.52 Å². The molecule has 2 aromatic rings. The molecule has 13 heavy (non-hydrogen) atoms. The fourth-order valence-corrected chi connectivity index (χ4v) is 1.40. The van der Waals surface area contributed by atoms with Crippen LogP contribution in [-0.4, -0.2) is 14.7 Å². The minimum absolute atomic E-state index is 0.416. The van der Waals surface area contributed by atoms with Gasteiger partial charge in [0.05, 0.1) is 17.3 Å². The van der Waals surface area contributed by atoms with E-state index < -0.39 is 6.10 Å². The van der Waals surface area contributed by atoms with E-state index in [9.17, 15) is 5.11 Å². The number of hydrogen-bond donors (Lipinski definition) is 1. The van der Waals surface area contributed by atoms with Crippen LogP contribution in [-0.2, 0) is 0 Å². The van der Waals surface area contributed by atoms with E-state index in [4.69, 9.17) is 0 Å². The zero-order valence-electron chi connectivity index (χ0n) is 7.73. The van der Waals surface area contributed by atoms with Gasteiger partial charge in [0.2, 0.25) is 0 Å². The predicted octanol–water partition coefficient (Wildman–Crippen LogP) is 1.70. The van der Waals surface area contributed by atoms with Gasteiger partial charge in [0.1, 0.15) is 0 Å². The SMILES string of the molecule is Cc1cc2cc(C(C)O)ccn2n1. The van der Waals surface area contributed by atoms with Crippen molar-refractivity contribution in [2.75, 3.05) is 0 Å². The van der Waals surface area contributed by atoms with Crippen LogP contribution in [0.5, 0.6) is 0 Å². The smallest absolute Gasteiger partial charge is 0.0763 e. The van der Waals surface area contributed by atoms with Gasteiger partial charge in [0.25, 0.3) is 0 Å². The highest BCUT2D eigenvalue weighted by atomic mass is 16.3. The molecule has 2 aromatic heterocycles. The molecule has 0 aliphatic rings. The first-order valence-corrected chi connectivity index (χ1v) is 4.31. The zero-order valence-corrected chi connectivity index (χ0v) is 7.73. The molecular weight excluding hydrogens is 164 g/mol. The van der Waals surface area contributed by atoms with Gasteiger partial charge in [-0.05, 0) is 37.6 Å². The first-order chi connectivity index (χ1) is 6.16. The Morgan fingerprint density at radius 2 is 2.23 bits per heavy atom. The second kappa shape index (κ2) is 2.85. The van der Waals surface area contributed by atoms with E-state index in [1.165, 1.54) is 0 Å². The van der Waals surface area contributed by atoms with Crippen LogP contribution in [0.3, 0.4) is 0 Å². The predicted molar refractivity (Wildman–Crippen MR) is 50.6 cm³/mol. The number of rotatable bonds is 1. The molecule has 0 radical (unpaired) electrons. The highest BCUT2D eigenvalue weighted by Gasteiger charge is 2.02. The summed E-state index contributed by atoms with van der Waals surface area (Å²) in [6.07, 6.45) is 1.45. The maximum absolute atomic E-state index is 9.36. The van der Waals surface area contributed by atoms with Gasteiger partial charge in [0, 0.05) is 6.20 Å². The lowest BCUT2D eigenvalue weighted by Gasteiger charge is -2.03. The van der Waals surface area contributed by atoms with Crippen LogP contribution >= 0.6 is 0 Å². The van der Waals surface area contributed by atoms with E-state index in [2.05, 4.69) is 5.10 Å². The number of aromatic nitrogens is 2. The zero-order chi connectivity index (χ0) is 9.42. The Hall–Kier alpha value is -1.35. The van der Waals surface area contributed by atoms with Gasteiger partial charge < -0.3 is 5.11 Å². The van der Waals surface area contributed by atoms with E-state index in [1.54, 1.807) is 11.4 Å². The van der Waals surface area contributed by atoms with E-state index >= 15 is 0 Å². The van der Waals surface area contributed by atoms with Gasteiger partial charge in [-0.3, -0.25) is 0 Å². The van der Waals surface area contributed by atoms with Crippen molar-refractivity contribution in [3.8, 4) is 0 Å². The summed E-state index contributed by atoms with van der Waals surface area (Å²) in [4.78, 5) is 0. The van der Waals surface area contributed by atoms with Crippen molar-refractivity contribution in [1.82, 2.24) is 9.61 Å². The maximum atomic E-state index is 9.36. The van der Waals surface area contributed by atoms with Gasteiger partial charge in [-0.2, -0.15) is 5.10 Å². The van der Waals surface area contributed by atoms with Gasteiger partial charge in [0.15, 0.2) is 0 Å². The molecule has 2 heterocycles. The molecule has 0 saturated carbocycles. The fourth-order valence-electron chi connectivity index (χ4n) is 1.40. The Labute approximate surface area is 76.6 Å². The van der Waals surface area contributed by atoms with Crippen molar-refractivity contribution in [2.24, 2.45) is 0 Å². The standard InChI is InChI=1S/C10H12N2O/c1-7-5-10-6-9(8(2)13)3-4-12(10)11-7/h3-6,8,13H,1-2H3. The highest BCUT2D eigenvalue weighted by Crippen LogP contribution is 2.14. The molecule has 0 aliphatic carbocycles. The van der Waals surface area contributed by atoms with Crippen molar-refractivity contribution in [1.29, 1.82) is 0 Å². The van der Waals surface area contributed by atoms with Crippen LogP contribution in [0.15, 0.2) is 24.4 Å². The largest absolute Gasteiger partial charge is 0.389 e. The molecular formula is C10H12N2O. The van der Waals surface area contributed by atoms with Crippen LogP contribution in [0.1, 0.15) is 24.3 Å². The summed E-state index contributed by atoms with van der Waals surface area (Å²) in [6.45, 7) is 3.71. The monoisotopic (exact) mass is 176 g/mol. The average Bonchev–Trinajstić information content (AvgIpc) is 2.42. The summed E-state index contributed by atoms with van der Waals surface area (Å²) in [6, 6.07) is 5.82. The molecule has 0 fully saturated rings. The van der Waals surface area contributed by atoms with Crippen molar-refractivity contribution in [3.05, 3.63) is 35.7 Å². The highest BCUT2D eigenvalue weighted by molar-refractivity contribution is 5.49. The molecule has 1 N–H and O–H groups in total. The average molecular weight is 176 g/mol. The molecule has 2 rings (SSSR count). The Bertz CT molecular complexity index is 431. The molecule has 0 saturated heterocycles. The number of fused-ring (bicyclic) bond motifs is 1. The summed E-state index contributed by atoms with van der Waals surface area (Å²) in [5.74, 6) is 0. The maximum Gasteiger partial charge on any atom is 0.0763 e. The lowest BCUT2D eigenvalue weighted by atomic mass is 10.1. The first-order valence-electron chi connectivity index (χ1n) is 4.31. The number of aliphatic hydroxyl groups excluding tert-OH is 1. The third-order valence-electron chi connectivity index (χ3n) is 2.09. The van der Waals surface area contributed by atoms with Crippen LogP contribution in [0, 0.1) is 6.92 Å². The second-order valence-corrected chi connectivity index (χ2v) is 3.29. The fraction of sp³-hybridized carbons (Fsp3) is 0.300. The molecule has 0 aliphatic heterocycles. The molecule has 3 nitrogen and oxygen atoms in total. The number of hydrogen-bond acceptors (Lipinski definition) is 2. The van der Waals surface area contributed by atoms with E-state index in [0.717, 1.165) is 16.8 Å². The number of pyridine rings is 1. The van der Waals surface area contributed by atoms with Crippen molar-refractivity contribution >= 4 is 5.52 Å². The van der Waals surface area contributed by atoms with Gasteiger partial charge in [-0.1, -0.05) is 0 Å².